The van der Waals surface area contributed by atoms with Gasteiger partial charge < -0.3 is 14.8 Å². The summed E-state index contributed by atoms with van der Waals surface area (Å²) >= 11 is 0. The Morgan fingerprint density at radius 3 is 2.80 bits per heavy atom. The van der Waals surface area contributed by atoms with Crippen molar-refractivity contribution >= 4 is 0 Å². The summed E-state index contributed by atoms with van der Waals surface area (Å²) in [5.41, 5.74) is -0.150. The molecule has 20 heavy (non-hydrogen) atoms. The van der Waals surface area contributed by atoms with Crippen LogP contribution in [0.5, 0.6) is 5.75 Å². The minimum absolute atomic E-state index is 0.118. The Bertz CT molecular complexity index is 443. The molecule has 6 heteroatoms. The first-order valence-corrected chi connectivity index (χ1v) is 6.60. The first-order valence-electron chi connectivity index (χ1n) is 6.60. The molecule has 1 aliphatic heterocycles. The molecule has 3 nitrogen and oxygen atoms in total. The summed E-state index contributed by atoms with van der Waals surface area (Å²) in [6, 6.07) is 4.17. The second-order valence-corrected chi connectivity index (χ2v) is 4.82. The lowest BCUT2D eigenvalue weighted by Crippen LogP contribution is -2.29. The second-order valence-electron chi connectivity index (χ2n) is 4.82. The number of halogens is 3. The Hall–Kier alpha value is -1.27. The van der Waals surface area contributed by atoms with Gasteiger partial charge in [0.1, 0.15) is 11.9 Å². The van der Waals surface area contributed by atoms with Gasteiger partial charge in [-0.05, 0) is 37.6 Å². The zero-order chi connectivity index (χ0) is 14.6. The van der Waals surface area contributed by atoms with Gasteiger partial charge in [-0.15, -0.1) is 0 Å². The van der Waals surface area contributed by atoms with Crippen LogP contribution < -0.4 is 10.1 Å². The van der Waals surface area contributed by atoms with E-state index in [2.05, 4.69) is 5.32 Å². The van der Waals surface area contributed by atoms with Crippen molar-refractivity contribution < 1.29 is 22.6 Å². The van der Waals surface area contributed by atoms with Gasteiger partial charge in [-0.25, -0.2) is 0 Å². The first-order chi connectivity index (χ1) is 9.50. The molecule has 0 saturated carbocycles. The zero-order valence-electron chi connectivity index (χ0n) is 11.3. The maximum atomic E-state index is 13.1. The van der Waals surface area contributed by atoms with E-state index in [1.807, 2.05) is 0 Å². The minimum Gasteiger partial charge on any atom is -0.487 e. The lowest BCUT2D eigenvalue weighted by atomic mass is 10.1. The van der Waals surface area contributed by atoms with Crippen molar-refractivity contribution in [2.75, 3.05) is 20.3 Å². The summed E-state index contributed by atoms with van der Waals surface area (Å²) in [6.45, 7) is 1.37. The fourth-order valence-corrected chi connectivity index (χ4v) is 2.20. The molecule has 1 aliphatic rings. The molecule has 0 amide bonds. The van der Waals surface area contributed by atoms with Crippen LogP contribution in [0.15, 0.2) is 18.2 Å². The molecule has 1 unspecified atom stereocenters. The van der Waals surface area contributed by atoms with Crippen molar-refractivity contribution in [2.24, 2.45) is 0 Å². The molecule has 0 aromatic heterocycles. The maximum Gasteiger partial charge on any atom is 0.419 e. The second kappa shape index (κ2) is 6.45. The monoisotopic (exact) mass is 289 g/mol. The Morgan fingerprint density at radius 1 is 1.40 bits per heavy atom. The van der Waals surface area contributed by atoms with Crippen molar-refractivity contribution in [1.82, 2.24) is 5.32 Å². The minimum atomic E-state index is -4.42. The lowest BCUT2D eigenvalue weighted by molar-refractivity contribution is -0.139. The first kappa shape index (κ1) is 15.1. The lowest BCUT2D eigenvalue weighted by Gasteiger charge is -2.25. The average Bonchev–Trinajstić information content (AvgIpc) is 2.41. The van der Waals surface area contributed by atoms with E-state index in [0.717, 1.165) is 18.9 Å². The van der Waals surface area contributed by atoms with Crippen LogP contribution in [0.25, 0.3) is 0 Å². The van der Waals surface area contributed by atoms with Crippen LogP contribution in [0.1, 0.15) is 24.0 Å². The average molecular weight is 289 g/mol. The van der Waals surface area contributed by atoms with Gasteiger partial charge in [0.05, 0.1) is 12.2 Å². The van der Waals surface area contributed by atoms with Gasteiger partial charge in [0.2, 0.25) is 0 Å². The predicted molar refractivity (Wildman–Crippen MR) is 68.7 cm³/mol. The van der Waals surface area contributed by atoms with Gasteiger partial charge in [0.15, 0.2) is 0 Å². The fourth-order valence-electron chi connectivity index (χ4n) is 2.20. The van der Waals surface area contributed by atoms with Crippen LogP contribution in [0.3, 0.4) is 0 Å². The maximum absolute atomic E-state index is 13.1. The van der Waals surface area contributed by atoms with Crippen LogP contribution >= 0.6 is 0 Å². The van der Waals surface area contributed by atoms with Crippen molar-refractivity contribution in [1.29, 1.82) is 0 Å². The molecule has 1 N–H and O–H groups in total. The van der Waals surface area contributed by atoms with Crippen LogP contribution in [0.4, 0.5) is 13.2 Å². The molecular weight excluding hydrogens is 271 g/mol. The third-order valence-corrected chi connectivity index (χ3v) is 3.14. The number of hydrogen-bond acceptors (Lipinski definition) is 3. The Labute approximate surface area is 116 Å². The van der Waals surface area contributed by atoms with E-state index in [1.165, 1.54) is 6.07 Å². The predicted octanol–water partition coefficient (Wildman–Crippen LogP) is 2.98. The third-order valence-electron chi connectivity index (χ3n) is 3.14. The van der Waals surface area contributed by atoms with Crippen LogP contribution in [-0.4, -0.2) is 26.4 Å². The van der Waals surface area contributed by atoms with Gasteiger partial charge in [0.25, 0.3) is 0 Å². The Kier molecular flexibility index (Phi) is 4.88. The molecule has 1 aromatic carbocycles. The highest BCUT2D eigenvalue weighted by atomic mass is 19.4. The van der Waals surface area contributed by atoms with E-state index in [0.29, 0.717) is 25.3 Å². The summed E-state index contributed by atoms with van der Waals surface area (Å²) < 4.78 is 50.0. The van der Waals surface area contributed by atoms with Crippen LogP contribution in [-0.2, 0) is 17.5 Å². The largest absolute Gasteiger partial charge is 0.487 e. The molecule has 0 aliphatic carbocycles. The summed E-state index contributed by atoms with van der Waals surface area (Å²) in [5.74, 6) is -0.118. The number of alkyl halides is 3. The van der Waals surface area contributed by atoms with Crippen molar-refractivity contribution in [2.45, 2.75) is 31.7 Å². The zero-order valence-corrected chi connectivity index (χ0v) is 11.3. The summed E-state index contributed by atoms with van der Waals surface area (Å²) in [5, 5.41) is 2.84. The van der Waals surface area contributed by atoms with E-state index in [4.69, 9.17) is 9.47 Å². The highest BCUT2D eigenvalue weighted by molar-refractivity contribution is 5.39. The topological polar surface area (TPSA) is 30.5 Å². The molecule has 112 valence electrons. The quantitative estimate of drug-likeness (QED) is 0.924. The highest BCUT2D eigenvalue weighted by Gasteiger charge is 2.35. The standard InChI is InChI=1S/C14H18F3NO2/c1-18-8-10-4-5-13(12(7-10)14(15,16)17)20-11-3-2-6-19-9-11/h4-5,7,11,18H,2-3,6,8-9H2,1H3. The van der Waals surface area contributed by atoms with Gasteiger partial charge in [0, 0.05) is 13.2 Å². The molecule has 1 fully saturated rings. The molecule has 0 bridgehead atoms. The van der Waals surface area contributed by atoms with Crippen LogP contribution in [0.2, 0.25) is 0 Å². The van der Waals surface area contributed by atoms with E-state index in [1.54, 1.807) is 13.1 Å². The normalized spacial score (nSPS) is 19.9. The van der Waals surface area contributed by atoms with Crippen molar-refractivity contribution in [3.8, 4) is 5.75 Å². The third kappa shape index (κ3) is 3.86. The Balaban J connectivity index is 2.21. The van der Waals surface area contributed by atoms with Crippen molar-refractivity contribution in [3.05, 3.63) is 29.3 Å². The fraction of sp³-hybridized carbons (Fsp3) is 0.571. The molecule has 0 spiro atoms. The van der Waals surface area contributed by atoms with E-state index < -0.39 is 11.7 Å². The molecule has 1 aromatic rings. The molecule has 1 atom stereocenters. The molecule has 2 rings (SSSR count). The molecule has 1 heterocycles. The van der Waals surface area contributed by atoms with Gasteiger partial charge >= 0.3 is 6.18 Å². The van der Waals surface area contributed by atoms with Gasteiger partial charge in [-0.1, -0.05) is 6.07 Å². The SMILES string of the molecule is CNCc1ccc(OC2CCCOC2)c(C(F)(F)F)c1. The van der Waals surface area contributed by atoms with E-state index in [9.17, 15) is 13.2 Å². The summed E-state index contributed by atoms with van der Waals surface area (Å²) in [6.07, 6.45) is -3.20. The van der Waals surface area contributed by atoms with Crippen LogP contribution in [0, 0.1) is 0 Å². The number of benzene rings is 1. The number of ether oxygens (including phenoxy) is 2. The molecule has 0 radical (unpaired) electrons. The number of nitrogens with one attached hydrogen (secondary N) is 1. The van der Waals surface area contributed by atoms with Gasteiger partial charge in [-0.3, -0.25) is 0 Å². The number of hydrogen-bond donors (Lipinski definition) is 1. The van der Waals surface area contributed by atoms with Crippen molar-refractivity contribution in [3.63, 3.8) is 0 Å². The summed E-state index contributed by atoms with van der Waals surface area (Å²) in [7, 11) is 1.69. The number of rotatable bonds is 4. The molecular formula is C14H18F3NO2. The summed E-state index contributed by atoms with van der Waals surface area (Å²) in [4.78, 5) is 0. The Morgan fingerprint density at radius 2 is 2.20 bits per heavy atom. The van der Waals surface area contributed by atoms with E-state index >= 15 is 0 Å². The highest BCUT2D eigenvalue weighted by Crippen LogP contribution is 2.37. The van der Waals surface area contributed by atoms with E-state index in [-0.39, 0.29) is 11.9 Å². The molecule has 1 saturated heterocycles. The van der Waals surface area contributed by atoms with Gasteiger partial charge in [-0.2, -0.15) is 13.2 Å². The smallest absolute Gasteiger partial charge is 0.419 e.